The fraction of sp³-hybridized carbons (Fsp3) is 0.0769. The van der Waals surface area contributed by atoms with E-state index < -0.39 is 10.9 Å². The lowest BCUT2D eigenvalue weighted by Crippen LogP contribution is -2.04. The van der Waals surface area contributed by atoms with Crippen molar-refractivity contribution in [3.63, 3.8) is 0 Å². The fourth-order valence-electron chi connectivity index (χ4n) is 1.65. The van der Waals surface area contributed by atoms with Gasteiger partial charge >= 0.3 is 5.97 Å². The number of nitrogens with zero attached hydrogens (tertiary/aromatic N) is 2. The summed E-state index contributed by atoms with van der Waals surface area (Å²) in [5, 5.41) is 19.9. The fourth-order valence-corrected chi connectivity index (χ4v) is 2.17. The minimum absolute atomic E-state index is 0.0196. The van der Waals surface area contributed by atoms with Crippen molar-refractivity contribution in [3.8, 4) is 5.75 Å². The van der Waals surface area contributed by atoms with Gasteiger partial charge in [0.25, 0.3) is 5.69 Å². The second kappa shape index (κ2) is 6.31. The molecule has 0 aliphatic carbocycles. The highest BCUT2D eigenvalue weighted by Crippen LogP contribution is 2.29. The Labute approximate surface area is 127 Å². The van der Waals surface area contributed by atoms with E-state index in [0.29, 0.717) is 10.0 Å². The van der Waals surface area contributed by atoms with Crippen LogP contribution < -0.4 is 4.74 Å². The van der Waals surface area contributed by atoms with Gasteiger partial charge in [-0.3, -0.25) is 15.1 Å². The normalized spacial score (nSPS) is 10.1. The summed E-state index contributed by atoms with van der Waals surface area (Å²) in [5.41, 5.74) is 0.427. The zero-order valence-electron chi connectivity index (χ0n) is 10.5. The van der Waals surface area contributed by atoms with Crippen molar-refractivity contribution in [2.45, 2.75) is 6.61 Å². The number of carboxylic acid groups (broad SMARTS) is 1. The van der Waals surface area contributed by atoms with E-state index in [0.717, 1.165) is 0 Å². The SMILES string of the molecule is O=C(O)c1ccncc1OCc1cccc([N+](=O)[O-])c1Br. The van der Waals surface area contributed by atoms with Crippen LogP contribution in [-0.2, 0) is 6.61 Å². The first-order valence-corrected chi connectivity index (χ1v) is 6.52. The molecule has 0 aliphatic heterocycles. The second-order valence-corrected chi connectivity index (χ2v) is 4.77. The molecule has 2 aromatic rings. The maximum atomic E-state index is 11.0. The number of nitro benzene ring substituents is 1. The second-order valence-electron chi connectivity index (χ2n) is 3.97. The number of ether oxygens (including phenoxy) is 1. The molecule has 0 fully saturated rings. The highest BCUT2D eigenvalue weighted by atomic mass is 79.9. The van der Waals surface area contributed by atoms with Gasteiger partial charge < -0.3 is 9.84 Å². The van der Waals surface area contributed by atoms with Crippen LogP contribution in [0.2, 0.25) is 0 Å². The molecule has 0 radical (unpaired) electrons. The number of aromatic carboxylic acids is 1. The molecule has 0 amide bonds. The van der Waals surface area contributed by atoms with E-state index in [1.54, 1.807) is 6.07 Å². The molecule has 7 nitrogen and oxygen atoms in total. The molecule has 0 saturated heterocycles. The number of pyridine rings is 1. The van der Waals surface area contributed by atoms with Crippen LogP contribution in [0.1, 0.15) is 15.9 Å². The molecular weight excluding hydrogens is 344 g/mol. The summed E-state index contributed by atoms with van der Waals surface area (Å²) < 4.78 is 5.71. The third-order valence-electron chi connectivity index (χ3n) is 2.65. The lowest BCUT2D eigenvalue weighted by atomic mass is 10.2. The number of nitro groups is 1. The van der Waals surface area contributed by atoms with Crippen molar-refractivity contribution in [1.29, 1.82) is 0 Å². The molecule has 0 bridgehead atoms. The van der Waals surface area contributed by atoms with Crippen molar-refractivity contribution in [3.05, 3.63) is 62.4 Å². The summed E-state index contributed by atoms with van der Waals surface area (Å²) in [6.07, 6.45) is 2.63. The highest BCUT2D eigenvalue weighted by Gasteiger charge is 2.16. The standard InChI is InChI=1S/C13H9BrN2O5/c14-12-8(2-1-3-10(12)16(19)20)7-21-11-6-15-5-4-9(11)13(17)18/h1-6H,7H2,(H,17,18). The smallest absolute Gasteiger partial charge is 0.339 e. The van der Waals surface area contributed by atoms with E-state index in [1.165, 1.54) is 30.6 Å². The molecule has 0 spiro atoms. The minimum atomic E-state index is -1.13. The van der Waals surface area contributed by atoms with E-state index in [1.807, 2.05) is 0 Å². The first-order valence-electron chi connectivity index (χ1n) is 5.72. The summed E-state index contributed by atoms with van der Waals surface area (Å²) in [6, 6.07) is 5.86. The van der Waals surface area contributed by atoms with Crippen molar-refractivity contribution in [2.24, 2.45) is 0 Å². The number of rotatable bonds is 5. The van der Waals surface area contributed by atoms with Gasteiger partial charge in [0, 0.05) is 17.8 Å². The van der Waals surface area contributed by atoms with E-state index in [9.17, 15) is 14.9 Å². The Morgan fingerprint density at radius 1 is 1.43 bits per heavy atom. The Bertz CT molecular complexity index is 705. The third-order valence-corrected chi connectivity index (χ3v) is 3.57. The Balaban J connectivity index is 2.23. The number of carboxylic acids is 1. The van der Waals surface area contributed by atoms with Crippen molar-refractivity contribution in [2.75, 3.05) is 0 Å². The number of carbonyl (C=O) groups is 1. The van der Waals surface area contributed by atoms with Crippen LogP contribution in [-0.4, -0.2) is 21.0 Å². The summed E-state index contributed by atoms with van der Waals surface area (Å²) in [4.78, 5) is 25.2. The summed E-state index contributed by atoms with van der Waals surface area (Å²) in [5.74, 6) is -1.03. The van der Waals surface area contributed by atoms with Crippen LogP contribution in [0.15, 0.2) is 41.1 Å². The van der Waals surface area contributed by atoms with Gasteiger partial charge in [0.2, 0.25) is 0 Å². The number of aromatic nitrogens is 1. The van der Waals surface area contributed by atoms with E-state index in [2.05, 4.69) is 20.9 Å². The Kier molecular flexibility index (Phi) is 4.49. The topological polar surface area (TPSA) is 103 Å². The minimum Gasteiger partial charge on any atom is -0.486 e. The van der Waals surface area contributed by atoms with Gasteiger partial charge in [-0.15, -0.1) is 0 Å². The Morgan fingerprint density at radius 2 is 2.19 bits per heavy atom. The molecule has 108 valence electrons. The van der Waals surface area contributed by atoms with Crippen LogP contribution in [0.4, 0.5) is 5.69 Å². The number of benzene rings is 1. The third kappa shape index (κ3) is 3.34. The zero-order chi connectivity index (χ0) is 15.4. The van der Waals surface area contributed by atoms with E-state index >= 15 is 0 Å². The molecule has 1 heterocycles. The summed E-state index contributed by atoms with van der Waals surface area (Å²) >= 11 is 3.15. The number of hydrogen-bond acceptors (Lipinski definition) is 5. The largest absolute Gasteiger partial charge is 0.486 e. The molecule has 0 aliphatic rings. The summed E-state index contributed by atoms with van der Waals surface area (Å²) in [7, 11) is 0. The first-order chi connectivity index (χ1) is 10.0. The van der Waals surface area contributed by atoms with Gasteiger partial charge in [-0.1, -0.05) is 12.1 Å². The highest BCUT2D eigenvalue weighted by molar-refractivity contribution is 9.10. The molecular formula is C13H9BrN2O5. The van der Waals surface area contributed by atoms with Gasteiger partial charge in [-0.25, -0.2) is 4.79 Å². The zero-order valence-corrected chi connectivity index (χ0v) is 12.1. The average molecular weight is 353 g/mol. The predicted octanol–water partition coefficient (Wildman–Crippen LogP) is 3.03. The maximum absolute atomic E-state index is 11.0. The van der Waals surface area contributed by atoms with Gasteiger partial charge in [-0.2, -0.15) is 0 Å². The lowest BCUT2D eigenvalue weighted by molar-refractivity contribution is -0.385. The van der Waals surface area contributed by atoms with E-state index in [4.69, 9.17) is 9.84 Å². The van der Waals surface area contributed by atoms with Crippen molar-refractivity contribution < 1.29 is 19.6 Å². The van der Waals surface area contributed by atoms with Crippen molar-refractivity contribution in [1.82, 2.24) is 4.98 Å². The van der Waals surface area contributed by atoms with Crippen LogP contribution in [0.25, 0.3) is 0 Å². The quantitative estimate of drug-likeness (QED) is 0.655. The van der Waals surface area contributed by atoms with Gasteiger partial charge in [0.1, 0.15) is 16.6 Å². The van der Waals surface area contributed by atoms with Crippen LogP contribution in [0.5, 0.6) is 5.75 Å². The van der Waals surface area contributed by atoms with Gasteiger partial charge in [0.05, 0.1) is 11.1 Å². The molecule has 1 aromatic heterocycles. The lowest BCUT2D eigenvalue weighted by Gasteiger charge is -2.09. The molecule has 0 atom stereocenters. The first kappa shape index (κ1) is 14.9. The van der Waals surface area contributed by atoms with Crippen molar-refractivity contribution >= 4 is 27.6 Å². The molecule has 1 N–H and O–H groups in total. The molecule has 0 saturated carbocycles. The van der Waals surface area contributed by atoms with Gasteiger partial charge in [-0.05, 0) is 22.0 Å². The van der Waals surface area contributed by atoms with Crippen LogP contribution >= 0.6 is 15.9 Å². The monoisotopic (exact) mass is 352 g/mol. The molecule has 2 rings (SSSR count). The Morgan fingerprint density at radius 3 is 2.86 bits per heavy atom. The summed E-state index contributed by atoms with van der Waals surface area (Å²) in [6.45, 7) is -0.0196. The number of halogens is 1. The predicted molar refractivity (Wildman–Crippen MR) is 76.3 cm³/mol. The maximum Gasteiger partial charge on any atom is 0.339 e. The van der Waals surface area contributed by atoms with Crippen LogP contribution in [0.3, 0.4) is 0 Å². The average Bonchev–Trinajstić information content (AvgIpc) is 2.46. The Hall–Kier alpha value is -2.48. The van der Waals surface area contributed by atoms with Crippen LogP contribution in [0, 0.1) is 10.1 Å². The van der Waals surface area contributed by atoms with Gasteiger partial charge in [0.15, 0.2) is 5.75 Å². The molecule has 0 unspecified atom stereocenters. The molecule has 8 heteroatoms. The molecule has 1 aromatic carbocycles. The molecule has 21 heavy (non-hydrogen) atoms. The number of hydrogen-bond donors (Lipinski definition) is 1. The van der Waals surface area contributed by atoms with E-state index in [-0.39, 0.29) is 23.6 Å².